The first-order valence-corrected chi connectivity index (χ1v) is 12.8. The van der Waals surface area contributed by atoms with Crippen LogP contribution in [0.2, 0.25) is 0 Å². The zero-order valence-electron chi connectivity index (χ0n) is 20.2. The Morgan fingerprint density at radius 3 is 2.40 bits per heavy atom. The number of carbonyl (C=O) groups excluding carboxylic acids is 2. The fourth-order valence-corrected chi connectivity index (χ4v) is 6.31. The Morgan fingerprint density at radius 1 is 1.00 bits per heavy atom. The summed E-state index contributed by atoms with van der Waals surface area (Å²) in [6.07, 6.45) is 0.617. The number of sulfonamides is 1. The second-order valence-corrected chi connectivity index (χ2v) is 10.7. The molecule has 1 aliphatic rings. The van der Waals surface area contributed by atoms with Gasteiger partial charge in [-0.3, -0.25) is 9.10 Å². The van der Waals surface area contributed by atoms with Gasteiger partial charge in [0.05, 0.1) is 16.1 Å². The van der Waals surface area contributed by atoms with Crippen molar-refractivity contribution in [2.24, 2.45) is 0 Å². The van der Waals surface area contributed by atoms with E-state index in [-0.39, 0.29) is 16.5 Å². The molecule has 0 saturated carbocycles. The molecule has 1 atom stereocenters. The van der Waals surface area contributed by atoms with Crippen molar-refractivity contribution in [3.63, 3.8) is 0 Å². The fraction of sp³-hybridized carbons (Fsp3) is 0.259. The molecule has 3 aromatic rings. The maximum atomic E-state index is 13.4. The first kappa shape index (κ1) is 24.5. The van der Waals surface area contributed by atoms with Crippen LogP contribution in [0.4, 0.5) is 11.4 Å². The Hall–Kier alpha value is -3.65. The quantitative estimate of drug-likeness (QED) is 0.510. The van der Waals surface area contributed by atoms with Crippen LogP contribution in [-0.2, 0) is 26.0 Å². The van der Waals surface area contributed by atoms with E-state index < -0.39 is 28.5 Å². The number of hydrogen-bond acceptors (Lipinski definition) is 5. The van der Waals surface area contributed by atoms with Gasteiger partial charge >= 0.3 is 5.97 Å². The number of anilines is 2. The van der Waals surface area contributed by atoms with Crippen molar-refractivity contribution in [1.82, 2.24) is 0 Å². The molecular formula is C27H28N2O5S. The number of amides is 1. The fourth-order valence-electron chi connectivity index (χ4n) is 4.57. The molecule has 3 aromatic carbocycles. The number of rotatable bonds is 6. The summed E-state index contributed by atoms with van der Waals surface area (Å²) in [7, 11) is -3.90. The number of aryl methyl sites for hydroxylation is 3. The number of para-hydroxylation sites is 1. The van der Waals surface area contributed by atoms with Gasteiger partial charge in [-0.05, 0) is 75.1 Å². The Labute approximate surface area is 205 Å². The Bertz CT molecular complexity index is 1390. The van der Waals surface area contributed by atoms with Crippen molar-refractivity contribution in [1.29, 1.82) is 0 Å². The van der Waals surface area contributed by atoms with Gasteiger partial charge in [-0.25, -0.2) is 13.2 Å². The summed E-state index contributed by atoms with van der Waals surface area (Å²) >= 11 is 0. The average Bonchev–Trinajstić information content (AvgIpc) is 3.16. The minimum Gasteiger partial charge on any atom is -0.452 e. The second kappa shape index (κ2) is 9.54. The van der Waals surface area contributed by atoms with Gasteiger partial charge in [0, 0.05) is 11.7 Å². The largest absolute Gasteiger partial charge is 0.452 e. The molecule has 182 valence electrons. The van der Waals surface area contributed by atoms with E-state index in [1.165, 1.54) is 28.6 Å². The number of benzene rings is 3. The zero-order chi connectivity index (χ0) is 25.3. The molecule has 0 aromatic heterocycles. The summed E-state index contributed by atoms with van der Waals surface area (Å²) in [5.74, 6) is -1.25. The third-order valence-electron chi connectivity index (χ3n) is 6.05. The van der Waals surface area contributed by atoms with E-state index in [0.29, 0.717) is 17.8 Å². The molecule has 0 radical (unpaired) electrons. The molecule has 0 fully saturated rings. The first-order chi connectivity index (χ1) is 16.6. The van der Waals surface area contributed by atoms with Crippen molar-refractivity contribution in [2.45, 2.75) is 45.1 Å². The lowest BCUT2D eigenvalue weighted by Crippen LogP contribution is -2.35. The van der Waals surface area contributed by atoms with Gasteiger partial charge in [-0.15, -0.1) is 0 Å². The van der Waals surface area contributed by atoms with Crippen molar-refractivity contribution >= 4 is 33.3 Å². The maximum Gasteiger partial charge on any atom is 0.338 e. The van der Waals surface area contributed by atoms with Crippen LogP contribution in [0.15, 0.2) is 65.6 Å². The smallest absolute Gasteiger partial charge is 0.338 e. The van der Waals surface area contributed by atoms with Gasteiger partial charge in [0.1, 0.15) is 0 Å². The maximum absolute atomic E-state index is 13.4. The van der Waals surface area contributed by atoms with Gasteiger partial charge in [0.2, 0.25) is 0 Å². The van der Waals surface area contributed by atoms with Crippen LogP contribution in [0.3, 0.4) is 0 Å². The predicted octanol–water partition coefficient (Wildman–Crippen LogP) is 4.55. The van der Waals surface area contributed by atoms with Crippen LogP contribution in [0.5, 0.6) is 0 Å². The summed E-state index contributed by atoms with van der Waals surface area (Å²) in [4.78, 5) is 25.0. The Kier molecular flexibility index (Phi) is 6.67. The monoisotopic (exact) mass is 492 g/mol. The molecule has 0 spiro atoms. The average molecular weight is 493 g/mol. The van der Waals surface area contributed by atoms with Gasteiger partial charge in [-0.1, -0.05) is 42.0 Å². The Morgan fingerprint density at radius 2 is 1.69 bits per heavy atom. The van der Waals surface area contributed by atoms with E-state index in [0.717, 1.165) is 22.3 Å². The van der Waals surface area contributed by atoms with Gasteiger partial charge in [-0.2, -0.15) is 0 Å². The lowest BCUT2D eigenvalue weighted by molar-refractivity contribution is -0.119. The van der Waals surface area contributed by atoms with E-state index >= 15 is 0 Å². The molecule has 0 aliphatic carbocycles. The van der Waals surface area contributed by atoms with E-state index in [1.807, 2.05) is 52.0 Å². The van der Waals surface area contributed by atoms with Crippen molar-refractivity contribution in [3.8, 4) is 0 Å². The number of hydrogen-bond donors (Lipinski definition) is 1. The molecule has 8 heteroatoms. The molecular weight excluding hydrogens is 464 g/mol. The highest BCUT2D eigenvalue weighted by Crippen LogP contribution is 2.36. The second-order valence-electron chi connectivity index (χ2n) is 8.91. The topological polar surface area (TPSA) is 92.8 Å². The molecule has 0 bridgehead atoms. The van der Waals surface area contributed by atoms with Crippen molar-refractivity contribution in [2.75, 3.05) is 16.2 Å². The summed E-state index contributed by atoms with van der Waals surface area (Å²) < 4.78 is 33.5. The number of nitrogens with zero attached hydrogens (tertiary/aromatic N) is 1. The lowest BCUT2D eigenvalue weighted by atomic mass is 10.1. The van der Waals surface area contributed by atoms with E-state index in [9.17, 15) is 18.0 Å². The van der Waals surface area contributed by atoms with Crippen LogP contribution >= 0.6 is 0 Å². The van der Waals surface area contributed by atoms with Crippen LogP contribution in [0.1, 0.15) is 39.5 Å². The normalized spacial score (nSPS) is 15.0. The molecule has 1 amide bonds. The molecule has 1 heterocycles. The van der Waals surface area contributed by atoms with Crippen LogP contribution in [0, 0.1) is 20.8 Å². The molecule has 7 nitrogen and oxygen atoms in total. The number of ether oxygens (including phenoxy) is 1. The molecule has 1 N–H and O–H groups in total. The Balaban J connectivity index is 1.47. The molecule has 35 heavy (non-hydrogen) atoms. The highest BCUT2D eigenvalue weighted by Gasteiger charge is 2.36. The molecule has 1 unspecified atom stereocenters. The number of fused-ring (bicyclic) bond motifs is 1. The van der Waals surface area contributed by atoms with Gasteiger partial charge in [0.25, 0.3) is 15.9 Å². The SMILES string of the molecule is Cc1cc(C)c(NC(=O)COC(=O)c2cccc(S(=O)(=O)N3c4ccccc4CC3C)c2)c(C)c1. The van der Waals surface area contributed by atoms with Crippen LogP contribution < -0.4 is 9.62 Å². The van der Waals surface area contributed by atoms with Crippen molar-refractivity contribution < 1.29 is 22.7 Å². The summed E-state index contributed by atoms with van der Waals surface area (Å²) in [6, 6.07) is 16.8. The first-order valence-electron chi connectivity index (χ1n) is 11.3. The summed E-state index contributed by atoms with van der Waals surface area (Å²) in [5.41, 5.74) is 5.27. The van der Waals surface area contributed by atoms with Crippen LogP contribution in [0.25, 0.3) is 0 Å². The minimum absolute atomic E-state index is 0.00846. The molecule has 4 rings (SSSR count). The number of esters is 1. The number of carbonyl (C=O) groups is 2. The number of nitrogens with one attached hydrogen (secondary N) is 1. The van der Waals surface area contributed by atoms with E-state index in [4.69, 9.17) is 4.74 Å². The lowest BCUT2D eigenvalue weighted by Gasteiger charge is -2.24. The van der Waals surface area contributed by atoms with Crippen molar-refractivity contribution in [3.05, 3.63) is 88.5 Å². The minimum atomic E-state index is -3.90. The van der Waals surface area contributed by atoms with E-state index in [1.54, 1.807) is 12.1 Å². The van der Waals surface area contributed by atoms with E-state index in [2.05, 4.69) is 5.32 Å². The third-order valence-corrected chi connectivity index (χ3v) is 7.97. The third kappa shape index (κ3) is 4.93. The highest BCUT2D eigenvalue weighted by atomic mass is 32.2. The molecule has 0 saturated heterocycles. The van der Waals surface area contributed by atoms with Gasteiger partial charge in [0.15, 0.2) is 6.61 Å². The predicted molar refractivity (Wildman–Crippen MR) is 135 cm³/mol. The standard InChI is InChI=1S/C27H28N2O5S/c1-17-12-18(2)26(19(3)13-17)28-25(30)16-34-27(31)22-9-7-10-23(15-22)35(32,33)29-20(4)14-21-8-5-6-11-24(21)29/h5-13,15,20H,14,16H2,1-4H3,(H,28,30). The van der Waals surface area contributed by atoms with Gasteiger partial charge < -0.3 is 10.1 Å². The highest BCUT2D eigenvalue weighted by molar-refractivity contribution is 7.92. The zero-order valence-corrected chi connectivity index (χ0v) is 21.0. The summed E-state index contributed by atoms with van der Waals surface area (Å²) in [5, 5.41) is 2.78. The van der Waals surface area contributed by atoms with Crippen LogP contribution in [-0.4, -0.2) is 32.9 Å². The summed E-state index contributed by atoms with van der Waals surface area (Å²) in [6.45, 7) is 7.13. The molecule has 1 aliphatic heterocycles.